The molecule has 0 fully saturated rings. The lowest BCUT2D eigenvalue weighted by atomic mass is 9.97. The Morgan fingerprint density at radius 1 is 1.12 bits per heavy atom. The number of carbonyl (C=O) groups excluding carboxylic acids is 1. The van der Waals surface area contributed by atoms with Gasteiger partial charge in [0.2, 0.25) is 0 Å². The number of hydrogen-bond donors (Lipinski definition) is 1. The van der Waals surface area contributed by atoms with Crippen molar-refractivity contribution >= 4 is 11.6 Å². The Morgan fingerprint density at radius 2 is 1.88 bits per heavy atom. The maximum absolute atomic E-state index is 12.6. The summed E-state index contributed by atoms with van der Waals surface area (Å²) in [6, 6.07) is 17.5. The Labute approximate surface area is 139 Å². The van der Waals surface area contributed by atoms with Crippen LogP contribution in [-0.4, -0.2) is 21.8 Å². The van der Waals surface area contributed by atoms with E-state index in [1.807, 2.05) is 61.5 Å². The highest BCUT2D eigenvalue weighted by molar-refractivity contribution is 5.95. The van der Waals surface area contributed by atoms with Crippen LogP contribution in [0.15, 0.2) is 67.0 Å². The Bertz CT molecular complexity index is 873. The van der Waals surface area contributed by atoms with Gasteiger partial charge in [0.25, 0.3) is 5.91 Å². The highest BCUT2D eigenvalue weighted by atomic mass is 16.5. The van der Waals surface area contributed by atoms with E-state index in [1.165, 1.54) is 0 Å². The van der Waals surface area contributed by atoms with E-state index in [0.717, 1.165) is 17.0 Å². The largest absolute Gasteiger partial charge is 0.480 e. The lowest BCUT2D eigenvalue weighted by molar-refractivity contribution is -0.122. The lowest BCUT2D eigenvalue weighted by Gasteiger charge is -2.14. The first kappa shape index (κ1) is 14.5. The minimum atomic E-state index is -0.525. The molecule has 0 aliphatic carbocycles. The van der Waals surface area contributed by atoms with Crippen molar-refractivity contribution in [1.29, 1.82) is 0 Å². The van der Waals surface area contributed by atoms with Gasteiger partial charge in [-0.2, -0.15) is 5.10 Å². The van der Waals surface area contributed by atoms with Gasteiger partial charge in [0.15, 0.2) is 6.10 Å². The standard InChI is InChI=1S/C19H17N3O2/c1-13-16-9-5-6-10-17(16)24-18(13)19(23)21-14-11-20-22(12-14)15-7-3-2-4-8-15/h2-13,18H,1H3,(H,21,23)/t13-,18+/m0/s1. The van der Waals surface area contributed by atoms with Crippen LogP contribution < -0.4 is 10.1 Å². The van der Waals surface area contributed by atoms with Gasteiger partial charge >= 0.3 is 0 Å². The number of carbonyl (C=O) groups is 1. The maximum atomic E-state index is 12.6. The van der Waals surface area contributed by atoms with E-state index in [9.17, 15) is 4.79 Å². The molecule has 1 N–H and O–H groups in total. The van der Waals surface area contributed by atoms with Crippen molar-refractivity contribution < 1.29 is 9.53 Å². The van der Waals surface area contributed by atoms with Crippen molar-refractivity contribution in [3.8, 4) is 11.4 Å². The molecule has 4 rings (SSSR count). The molecule has 24 heavy (non-hydrogen) atoms. The second kappa shape index (κ2) is 5.85. The Morgan fingerprint density at radius 3 is 2.67 bits per heavy atom. The molecule has 5 heteroatoms. The monoisotopic (exact) mass is 319 g/mol. The van der Waals surface area contributed by atoms with Gasteiger partial charge in [-0.3, -0.25) is 4.79 Å². The van der Waals surface area contributed by atoms with Crippen molar-refractivity contribution in [3.05, 3.63) is 72.6 Å². The number of para-hydroxylation sites is 2. The van der Waals surface area contributed by atoms with E-state index >= 15 is 0 Å². The van der Waals surface area contributed by atoms with Gasteiger partial charge in [-0.1, -0.05) is 43.3 Å². The number of anilines is 1. The third-order valence-electron chi connectivity index (χ3n) is 4.25. The summed E-state index contributed by atoms with van der Waals surface area (Å²) in [5, 5.41) is 7.18. The van der Waals surface area contributed by atoms with Crippen LogP contribution in [0.1, 0.15) is 18.4 Å². The average molecular weight is 319 g/mol. The quantitative estimate of drug-likeness (QED) is 0.805. The van der Waals surface area contributed by atoms with Crippen molar-refractivity contribution in [1.82, 2.24) is 9.78 Å². The fourth-order valence-corrected chi connectivity index (χ4v) is 2.97. The van der Waals surface area contributed by atoms with Gasteiger partial charge in [0, 0.05) is 11.5 Å². The predicted molar refractivity (Wildman–Crippen MR) is 91.5 cm³/mol. The molecule has 2 atom stereocenters. The normalized spacial score (nSPS) is 18.7. The van der Waals surface area contributed by atoms with Crippen LogP contribution in [0.3, 0.4) is 0 Å². The molecule has 0 saturated carbocycles. The summed E-state index contributed by atoms with van der Waals surface area (Å²) in [5.41, 5.74) is 2.66. The van der Waals surface area contributed by atoms with Gasteiger partial charge in [0.1, 0.15) is 5.75 Å². The number of rotatable bonds is 3. The fourth-order valence-electron chi connectivity index (χ4n) is 2.97. The molecule has 1 amide bonds. The number of nitrogens with one attached hydrogen (secondary N) is 1. The molecule has 2 aromatic carbocycles. The van der Waals surface area contributed by atoms with E-state index in [4.69, 9.17) is 4.74 Å². The molecule has 0 unspecified atom stereocenters. The van der Waals surface area contributed by atoms with E-state index in [-0.39, 0.29) is 11.8 Å². The molecular weight excluding hydrogens is 302 g/mol. The van der Waals surface area contributed by atoms with E-state index in [1.54, 1.807) is 17.1 Å². The van der Waals surface area contributed by atoms with Crippen molar-refractivity contribution in [3.63, 3.8) is 0 Å². The van der Waals surface area contributed by atoms with Crippen LogP contribution in [0.25, 0.3) is 5.69 Å². The van der Waals surface area contributed by atoms with E-state index in [2.05, 4.69) is 10.4 Å². The minimum absolute atomic E-state index is 0.0189. The molecule has 0 radical (unpaired) electrons. The lowest BCUT2D eigenvalue weighted by Crippen LogP contribution is -2.33. The third kappa shape index (κ3) is 2.54. The molecule has 0 saturated heterocycles. The second-order valence-electron chi connectivity index (χ2n) is 5.86. The van der Waals surface area contributed by atoms with Gasteiger partial charge in [-0.25, -0.2) is 4.68 Å². The summed E-state index contributed by atoms with van der Waals surface area (Å²) < 4.78 is 7.53. The van der Waals surface area contributed by atoms with Crippen LogP contribution in [0.5, 0.6) is 5.75 Å². The summed E-state index contributed by atoms with van der Waals surface area (Å²) in [4.78, 5) is 12.6. The molecule has 120 valence electrons. The molecule has 1 aliphatic heterocycles. The Hall–Kier alpha value is -3.08. The Kier molecular flexibility index (Phi) is 3.54. The van der Waals surface area contributed by atoms with Crippen LogP contribution in [0.2, 0.25) is 0 Å². The van der Waals surface area contributed by atoms with E-state index in [0.29, 0.717) is 5.69 Å². The molecule has 1 aliphatic rings. The van der Waals surface area contributed by atoms with E-state index < -0.39 is 6.10 Å². The van der Waals surface area contributed by atoms with Crippen molar-refractivity contribution in [2.45, 2.75) is 18.9 Å². The summed E-state index contributed by atoms with van der Waals surface area (Å²) in [6.07, 6.45) is 2.90. The SMILES string of the molecule is C[C@H]1c2ccccc2O[C@H]1C(=O)Nc1cnn(-c2ccccc2)c1. The number of amides is 1. The van der Waals surface area contributed by atoms with Gasteiger partial charge in [0.05, 0.1) is 23.8 Å². The molecule has 0 bridgehead atoms. The fraction of sp³-hybridized carbons (Fsp3) is 0.158. The second-order valence-corrected chi connectivity index (χ2v) is 5.86. The molecule has 5 nitrogen and oxygen atoms in total. The summed E-state index contributed by atoms with van der Waals surface area (Å²) >= 11 is 0. The summed E-state index contributed by atoms with van der Waals surface area (Å²) in [6.45, 7) is 2.00. The predicted octanol–water partition coefficient (Wildman–Crippen LogP) is 3.38. The van der Waals surface area contributed by atoms with Gasteiger partial charge < -0.3 is 10.1 Å². The van der Waals surface area contributed by atoms with Crippen LogP contribution in [0, 0.1) is 0 Å². The number of hydrogen-bond acceptors (Lipinski definition) is 3. The summed E-state index contributed by atoms with van der Waals surface area (Å²) in [7, 11) is 0. The van der Waals surface area contributed by atoms with Crippen LogP contribution >= 0.6 is 0 Å². The van der Waals surface area contributed by atoms with Crippen molar-refractivity contribution in [2.75, 3.05) is 5.32 Å². The first-order valence-electron chi connectivity index (χ1n) is 7.89. The zero-order valence-corrected chi connectivity index (χ0v) is 13.2. The highest BCUT2D eigenvalue weighted by Gasteiger charge is 2.36. The number of ether oxygens (including phenoxy) is 1. The zero-order valence-electron chi connectivity index (χ0n) is 13.2. The first-order chi connectivity index (χ1) is 11.7. The Balaban J connectivity index is 1.49. The van der Waals surface area contributed by atoms with Crippen LogP contribution in [-0.2, 0) is 4.79 Å². The smallest absolute Gasteiger partial charge is 0.266 e. The highest BCUT2D eigenvalue weighted by Crippen LogP contribution is 2.37. The number of fused-ring (bicyclic) bond motifs is 1. The maximum Gasteiger partial charge on any atom is 0.266 e. The van der Waals surface area contributed by atoms with Gasteiger partial charge in [-0.05, 0) is 18.2 Å². The van der Waals surface area contributed by atoms with Gasteiger partial charge in [-0.15, -0.1) is 0 Å². The topological polar surface area (TPSA) is 56.1 Å². The molecule has 3 aromatic rings. The summed E-state index contributed by atoms with van der Waals surface area (Å²) in [5.74, 6) is 0.641. The minimum Gasteiger partial charge on any atom is -0.480 e. The van der Waals surface area contributed by atoms with Crippen LogP contribution in [0.4, 0.5) is 5.69 Å². The number of benzene rings is 2. The molecule has 2 heterocycles. The number of nitrogens with zero attached hydrogens (tertiary/aromatic N) is 2. The van der Waals surface area contributed by atoms with Crippen molar-refractivity contribution in [2.24, 2.45) is 0 Å². The molecule has 1 aromatic heterocycles. The average Bonchev–Trinajstić information content (AvgIpc) is 3.21. The molecular formula is C19H17N3O2. The zero-order chi connectivity index (χ0) is 16.5. The molecule has 0 spiro atoms. The third-order valence-corrected chi connectivity index (χ3v) is 4.25. The number of aromatic nitrogens is 2. The first-order valence-corrected chi connectivity index (χ1v) is 7.89.